The molecular weight excluding hydrogens is 224 g/mol. The Labute approximate surface area is 107 Å². The summed E-state index contributed by atoms with van der Waals surface area (Å²) in [5, 5.41) is 8.51. The maximum absolute atomic E-state index is 8.51. The van der Waals surface area contributed by atoms with E-state index in [9.17, 15) is 0 Å². The third kappa shape index (κ3) is 2.88. The largest absolute Gasteiger partial charge is 0.334 e. The van der Waals surface area contributed by atoms with E-state index in [0.717, 1.165) is 30.5 Å². The molecule has 0 saturated heterocycles. The van der Waals surface area contributed by atoms with Crippen molar-refractivity contribution in [1.82, 2.24) is 14.5 Å². The Morgan fingerprint density at radius 3 is 3.06 bits per heavy atom. The van der Waals surface area contributed by atoms with Crippen LogP contribution in [0.4, 0.5) is 0 Å². The highest BCUT2D eigenvalue weighted by Gasteiger charge is 2.04. The summed E-state index contributed by atoms with van der Waals surface area (Å²) in [4.78, 5) is 6.60. The molecule has 0 saturated carbocycles. The second-order valence-corrected chi connectivity index (χ2v) is 4.68. The van der Waals surface area contributed by atoms with Crippen LogP contribution in [0.25, 0.3) is 11.0 Å². The number of nitrogens with zero attached hydrogens (tertiary/aromatic N) is 4. The molecule has 0 atom stereocenters. The quantitative estimate of drug-likeness (QED) is 0.756. The minimum Gasteiger partial charge on any atom is -0.334 e. The lowest BCUT2D eigenvalue weighted by Gasteiger charge is -2.15. The molecule has 0 spiro atoms. The van der Waals surface area contributed by atoms with Crippen LogP contribution in [-0.2, 0) is 13.6 Å². The van der Waals surface area contributed by atoms with Crippen LogP contribution >= 0.6 is 0 Å². The first kappa shape index (κ1) is 12.6. The van der Waals surface area contributed by atoms with Crippen molar-refractivity contribution in [2.45, 2.75) is 19.4 Å². The molecule has 0 amide bonds. The normalized spacial score (nSPS) is 11.0. The summed E-state index contributed by atoms with van der Waals surface area (Å²) in [6.45, 7) is 1.85. The van der Waals surface area contributed by atoms with E-state index in [1.165, 1.54) is 5.56 Å². The van der Waals surface area contributed by atoms with Gasteiger partial charge in [0.25, 0.3) is 0 Å². The van der Waals surface area contributed by atoms with Crippen LogP contribution in [0.2, 0.25) is 0 Å². The minimum atomic E-state index is 0.629. The van der Waals surface area contributed by atoms with Gasteiger partial charge < -0.3 is 9.47 Å². The first-order chi connectivity index (χ1) is 8.70. The van der Waals surface area contributed by atoms with Crippen LogP contribution in [0.5, 0.6) is 0 Å². The second-order valence-electron chi connectivity index (χ2n) is 4.68. The summed E-state index contributed by atoms with van der Waals surface area (Å²) >= 11 is 0. The van der Waals surface area contributed by atoms with E-state index in [4.69, 9.17) is 5.26 Å². The molecule has 2 aromatic rings. The summed E-state index contributed by atoms with van der Waals surface area (Å²) < 4.78 is 2.02. The van der Waals surface area contributed by atoms with Crippen molar-refractivity contribution in [2.75, 3.05) is 13.6 Å². The molecule has 2 rings (SSSR count). The molecule has 0 bridgehead atoms. The molecule has 4 nitrogen and oxygen atoms in total. The van der Waals surface area contributed by atoms with Gasteiger partial charge in [-0.05, 0) is 37.7 Å². The van der Waals surface area contributed by atoms with Crippen LogP contribution < -0.4 is 0 Å². The molecule has 0 fully saturated rings. The lowest BCUT2D eigenvalue weighted by Crippen LogP contribution is -2.18. The van der Waals surface area contributed by atoms with Crippen molar-refractivity contribution >= 4 is 11.0 Å². The van der Waals surface area contributed by atoms with Gasteiger partial charge in [-0.15, -0.1) is 0 Å². The zero-order valence-electron chi connectivity index (χ0n) is 10.9. The Balaban J connectivity index is 2.01. The third-order valence-corrected chi connectivity index (χ3v) is 3.07. The number of aryl methyl sites for hydroxylation is 1. The van der Waals surface area contributed by atoms with Gasteiger partial charge in [0.2, 0.25) is 0 Å². The van der Waals surface area contributed by atoms with E-state index in [-0.39, 0.29) is 0 Å². The average molecular weight is 242 g/mol. The maximum atomic E-state index is 8.51. The molecule has 0 N–H and O–H groups in total. The highest BCUT2D eigenvalue weighted by Crippen LogP contribution is 2.15. The monoisotopic (exact) mass is 242 g/mol. The van der Waals surface area contributed by atoms with Crippen LogP contribution in [0, 0.1) is 11.3 Å². The number of benzene rings is 1. The number of hydrogen-bond acceptors (Lipinski definition) is 3. The molecule has 1 aromatic carbocycles. The first-order valence-electron chi connectivity index (χ1n) is 6.16. The third-order valence-electron chi connectivity index (χ3n) is 3.07. The SMILES string of the molecule is CN(CCCC#N)Cc1ccc2c(c1)ncn2C. The number of aromatic nitrogens is 2. The first-order valence-corrected chi connectivity index (χ1v) is 6.16. The fraction of sp³-hybridized carbons (Fsp3) is 0.429. The molecule has 94 valence electrons. The fourth-order valence-corrected chi connectivity index (χ4v) is 2.10. The summed E-state index contributed by atoms with van der Waals surface area (Å²) in [6, 6.07) is 8.57. The number of rotatable bonds is 5. The summed E-state index contributed by atoms with van der Waals surface area (Å²) in [6.07, 6.45) is 3.40. The molecule has 0 unspecified atom stereocenters. The smallest absolute Gasteiger partial charge is 0.0955 e. The molecule has 1 aromatic heterocycles. The number of imidazole rings is 1. The van der Waals surface area contributed by atoms with E-state index < -0.39 is 0 Å². The van der Waals surface area contributed by atoms with Crippen molar-refractivity contribution in [2.24, 2.45) is 7.05 Å². The summed E-state index contributed by atoms with van der Waals surface area (Å²) in [5.41, 5.74) is 3.46. The second kappa shape index (κ2) is 5.65. The van der Waals surface area contributed by atoms with E-state index in [0.29, 0.717) is 6.42 Å². The molecule has 0 radical (unpaired) electrons. The van der Waals surface area contributed by atoms with E-state index in [1.807, 2.05) is 17.9 Å². The van der Waals surface area contributed by atoms with Gasteiger partial charge in [-0.3, -0.25) is 0 Å². The fourth-order valence-electron chi connectivity index (χ4n) is 2.10. The standard InChI is InChI=1S/C14H18N4/c1-17(8-4-3-7-15)10-12-5-6-14-13(9-12)16-11-18(14)2/h5-6,9,11H,3-4,8,10H2,1-2H3. The van der Waals surface area contributed by atoms with Crippen LogP contribution in [0.3, 0.4) is 0 Å². The van der Waals surface area contributed by atoms with Crippen LogP contribution in [-0.4, -0.2) is 28.0 Å². The van der Waals surface area contributed by atoms with Gasteiger partial charge in [0.05, 0.1) is 23.4 Å². The maximum Gasteiger partial charge on any atom is 0.0955 e. The average Bonchev–Trinajstić information content (AvgIpc) is 2.71. The topological polar surface area (TPSA) is 44.9 Å². The molecule has 18 heavy (non-hydrogen) atoms. The number of hydrogen-bond donors (Lipinski definition) is 0. The van der Waals surface area contributed by atoms with Gasteiger partial charge in [0.15, 0.2) is 0 Å². The summed E-state index contributed by atoms with van der Waals surface area (Å²) in [5.74, 6) is 0. The van der Waals surface area contributed by atoms with Crippen molar-refractivity contribution in [1.29, 1.82) is 5.26 Å². The lowest BCUT2D eigenvalue weighted by atomic mass is 10.2. The highest BCUT2D eigenvalue weighted by molar-refractivity contribution is 5.75. The van der Waals surface area contributed by atoms with Gasteiger partial charge in [-0.2, -0.15) is 5.26 Å². The van der Waals surface area contributed by atoms with E-state index in [2.05, 4.69) is 41.2 Å². The molecular formula is C14H18N4. The van der Waals surface area contributed by atoms with E-state index in [1.54, 1.807) is 0 Å². The Bertz CT molecular complexity index is 565. The Morgan fingerprint density at radius 1 is 1.44 bits per heavy atom. The van der Waals surface area contributed by atoms with Gasteiger partial charge in [-0.25, -0.2) is 4.98 Å². The highest BCUT2D eigenvalue weighted by atomic mass is 15.1. The van der Waals surface area contributed by atoms with Crippen molar-refractivity contribution in [3.8, 4) is 6.07 Å². The Kier molecular flexibility index (Phi) is 3.96. The van der Waals surface area contributed by atoms with Crippen molar-refractivity contribution < 1.29 is 0 Å². The number of unbranched alkanes of at least 4 members (excludes halogenated alkanes) is 1. The Morgan fingerprint density at radius 2 is 2.28 bits per heavy atom. The van der Waals surface area contributed by atoms with Gasteiger partial charge in [0.1, 0.15) is 0 Å². The molecule has 0 aliphatic heterocycles. The van der Waals surface area contributed by atoms with Gasteiger partial charge in [-0.1, -0.05) is 6.07 Å². The molecule has 0 aliphatic carbocycles. The lowest BCUT2D eigenvalue weighted by molar-refractivity contribution is 0.324. The minimum absolute atomic E-state index is 0.629. The number of fused-ring (bicyclic) bond motifs is 1. The zero-order valence-corrected chi connectivity index (χ0v) is 10.9. The van der Waals surface area contributed by atoms with Crippen LogP contribution in [0.1, 0.15) is 18.4 Å². The Hall–Kier alpha value is -1.86. The molecule has 4 heteroatoms. The van der Waals surface area contributed by atoms with Gasteiger partial charge >= 0.3 is 0 Å². The van der Waals surface area contributed by atoms with Gasteiger partial charge in [0, 0.05) is 20.0 Å². The molecule has 1 heterocycles. The van der Waals surface area contributed by atoms with E-state index >= 15 is 0 Å². The predicted molar refractivity (Wildman–Crippen MR) is 71.9 cm³/mol. The van der Waals surface area contributed by atoms with Crippen molar-refractivity contribution in [3.63, 3.8) is 0 Å². The van der Waals surface area contributed by atoms with Crippen LogP contribution in [0.15, 0.2) is 24.5 Å². The predicted octanol–water partition coefficient (Wildman–Crippen LogP) is 2.31. The summed E-state index contributed by atoms with van der Waals surface area (Å²) in [7, 11) is 4.09. The van der Waals surface area contributed by atoms with Crippen molar-refractivity contribution in [3.05, 3.63) is 30.1 Å². The zero-order chi connectivity index (χ0) is 13.0. The number of nitriles is 1. The molecule has 0 aliphatic rings.